The van der Waals surface area contributed by atoms with Crippen LogP contribution in [-0.4, -0.2) is 61.1 Å². The number of fused-ring (bicyclic) bond motifs is 2. The molecule has 2 atom stereocenters. The lowest BCUT2D eigenvalue weighted by Crippen LogP contribution is -2.33. The molecule has 5 heterocycles. The van der Waals surface area contributed by atoms with Crippen molar-refractivity contribution in [3.8, 4) is 11.3 Å². The van der Waals surface area contributed by atoms with Gasteiger partial charge in [0.1, 0.15) is 5.65 Å². The average molecular weight is 499 g/mol. The van der Waals surface area contributed by atoms with Crippen LogP contribution >= 0.6 is 0 Å². The number of carbonyl (C=O) groups is 2. The molecule has 0 spiro atoms. The highest BCUT2D eigenvalue weighted by Crippen LogP contribution is 2.59. The summed E-state index contributed by atoms with van der Waals surface area (Å²) < 4.78 is 1.73. The number of anilines is 2. The van der Waals surface area contributed by atoms with Crippen molar-refractivity contribution in [1.82, 2.24) is 29.6 Å². The predicted molar refractivity (Wildman–Crippen MR) is 141 cm³/mol. The van der Waals surface area contributed by atoms with Gasteiger partial charge in [0.25, 0.3) is 5.91 Å². The number of amides is 2. The number of piperidine rings is 1. The summed E-state index contributed by atoms with van der Waals surface area (Å²) in [7, 11) is 1.86. The van der Waals surface area contributed by atoms with E-state index in [4.69, 9.17) is 0 Å². The van der Waals surface area contributed by atoms with E-state index in [0.717, 1.165) is 35.7 Å². The molecule has 10 nitrogen and oxygen atoms in total. The maximum Gasteiger partial charge on any atom is 0.257 e. The minimum atomic E-state index is -0.298. The van der Waals surface area contributed by atoms with Crippen LogP contribution in [0.25, 0.3) is 22.3 Å². The fraction of sp³-hybridized carbons (Fsp3) is 0.370. The zero-order valence-corrected chi connectivity index (χ0v) is 21.2. The maximum absolute atomic E-state index is 13.1. The maximum atomic E-state index is 13.1. The van der Waals surface area contributed by atoms with Gasteiger partial charge < -0.3 is 15.6 Å². The van der Waals surface area contributed by atoms with Gasteiger partial charge in [-0.05, 0) is 49.3 Å². The van der Waals surface area contributed by atoms with E-state index in [1.54, 1.807) is 35.4 Å². The van der Waals surface area contributed by atoms with Crippen LogP contribution in [-0.2, 0) is 11.8 Å². The van der Waals surface area contributed by atoms with Gasteiger partial charge in [-0.3, -0.25) is 24.2 Å². The number of hydrogen-bond donors (Lipinski definition) is 3. The highest BCUT2D eigenvalue weighted by Gasteiger charge is 2.58. The van der Waals surface area contributed by atoms with Crippen LogP contribution in [0.2, 0.25) is 0 Å². The largest absolute Gasteiger partial charge is 0.339 e. The quantitative estimate of drug-likeness (QED) is 0.358. The van der Waals surface area contributed by atoms with Crippen LogP contribution in [0.15, 0.2) is 43.0 Å². The first kappa shape index (κ1) is 23.4. The number of rotatable bonds is 7. The monoisotopic (exact) mass is 498 g/mol. The summed E-state index contributed by atoms with van der Waals surface area (Å²) in [6.45, 7) is 6.42. The molecule has 1 aliphatic carbocycles. The lowest BCUT2D eigenvalue weighted by Gasteiger charge is -2.19. The Labute approximate surface area is 214 Å². The Hall–Kier alpha value is -4.05. The third-order valence-electron chi connectivity index (χ3n) is 7.81. The molecule has 1 saturated carbocycles. The van der Waals surface area contributed by atoms with Crippen LogP contribution in [0.5, 0.6) is 0 Å². The van der Waals surface area contributed by atoms with E-state index in [-0.39, 0.29) is 11.8 Å². The number of H-pyrrole nitrogens is 1. The fourth-order valence-electron chi connectivity index (χ4n) is 5.55. The SMILES string of the molecule is CCC12CC1CN(CC(=O)Nc1cnc(C)c(NC(=O)c3cnc4[nH]c(-c5cnn(C)c5)cc4c3)c1)C2. The van der Waals surface area contributed by atoms with E-state index in [0.29, 0.717) is 40.2 Å². The molecule has 2 unspecified atom stereocenters. The molecule has 4 aromatic rings. The lowest BCUT2D eigenvalue weighted by atomic mass is 10.0. The van der Waals surface area contributed by atoms with Gasteiger partial charge in [-0.1, -0.05) is 6.92 Å². The van der Waals surface area contributed by atoms with Crippen molar-refractivity contribution in [2.24, 2.45) is 18.4 Å². The Bertz CT molecular complexity index is 1520. The van der Waals surface area contributed by atoms with Crippen molar-refractivity contribution in [1.29, 1.82) is 0 Å². The molecule has 1 saturated heterocycles. The first-order valence-electron chi connectivity index (χ1n) is 12.6. The zero-order chi connectivity index (χ0) is 25.7. The number of likely N-dealkylation sites (tertiary alicyclic amines) is 1. The molecule has 3 N–H and O–H groups in total. The Morgan fingerprint density at radius 3 is 2.78 bits per heavy atom. The fourth-order valence-corrected chi connectivity index (χ4v) is 5.55. The summed E-state index contributed by atoms with van der Waals surface area (Å²) in [5.41, 5.74) is 5.15. The topological polar surface area (TPSA) is 121 Å². The second-order valence-corrected chi connectivity index (χ2v) is 10.4. The summed E-state index contributed by atoms with van der Waals surface area (Å²) in [5, 5.41) is 10.9. The smallest absolute Gasteiger partial charge is 0.257 e. The summed E-state index contributed by atoms with van der Waals surface area (Å²) in [5.74, 6) is 0.380. The Morgan fingerprint density at radius 2 is 2.03 bits per heavy atom. The molecule has 2 fully saturated rings. The molecule has 190 valence electrons. The highest BCUT2D eigenvalue weighted by atomic mass is 16.2. The number of aryl methyl sites for hydroxylation is 2. The zero-order valence-electron chi connectivity index (χ0n) is 21.2. The van der Waals surface area contributed by atoms with Gasteiger partial charge in [0, 0.05) is 43.5 Å². The molecule has 0 bridgehead atoms. The number of pyridine rings is 2. The number of nitrogens with zero attached hydrogens (tertiary/aromatic N) is 5. The molecule has 10 heteroatoms. The van der Waals surface area contributed by atoms with Gasteiger partial charge in [0.15, 0.2) is 0 Å². The summed E-state index contributed by atoms with van der Waals surface area (Å²) in [6, 6.07) is 5.49. The third kappa shape index (κ3) is 4.48. The van der Waals surface area contributed by atoms with E-state index < -0.39 is 0 Å². The van der Waals surface area contributed by atoms with E-state index in [1.807, 2.05) is 26.2 Å². The Balaban J connectivity index is 1.12. The molecule has 2 aliphatic rings. The van der Waals surface area contributed by atoms with E-state index in [9.17, 15) is 9.59 Å². The molecule has 0 radical (unpaired) electrons. The molecular formula is C27H30N8O2. The molecule has 4 aromatic heterocycles. The minimum absolute atomic E-state index is 0.0676. The highest BCUT2D eigenvalue weighted by molar-refractivity contribution is 6.06. The van der Waals surface area contributed by atoms with Crippen LogP contribution < -0.4 is 10.6 Å². The van der Waals surface area contributed by atoms with Crippen molar-refractivity contribution in [3.05, 3.63) is 54.2 Å². The van der Waals surface area contributed by atoms with Crippen LogP contribution in [0, 0.1) is 18.3 Å². The average Bonchev–Trinajstić information content (AvgIpc) is 3.22. The van der Waals surface area contributed by atoms with Crippen LogP contribution in [0.1, 0.15) is 35.8 Å². The van der Waals surface area contributed by atoms with Crippen LogP contribution in [0.3, 0.4) is 0 Å². The number of aromatic nitrogens is 5. The molecule has 1 aliphatic heterocycles. The number of carbonyl (C=O) groups excluding carboxylic acids is 2. The van der Waals surface area contributed by atoms with Gasteiger partial charge in [-0.15, -0.1) is 0 Å². The van der Waals surface area contributed by atoms with Crippen molar-refractivity contribution >= 4 is 34.2 Å². The minimum Gasteiger partial charge on any atom is -0.339 e. The summed E-state index contributed by atoms with van der Waals surface area (Å²) in [4.78, 5) is 40.0. The number of aromatic amines is 1. The van der Waals surface area contributed by atoms with Crippen molar-refractivity contribution < 1.29 is 9.59 Å². The standard InChI is InChI=1S/C27H30N8O2/c1-4-27-8-20(27)13-35(15-27)14-24(36)31-21-7-22(16(2)28-11-21)33-26(37)18-5-17-6-23(32-25(17)29-9-18)19-10-30-34(3)12-19/h5-7,9-12,20H,4,8,13-15H2,1-3H3,(H,29,32)(H,31,36)(H,33,37). The Kier molecular flexibility index (Phi) is 5.56. The van der Waals surface area contributed by atoms with Crippen molar-refractivity contribution in [3.63, 3.8) is 0 Å². The van der Waals surface area contributed by atoms with Gasteiger partial charge >= 0.3 is 0 Å². The van der Waals surface area contributed by atoms with Gasteiger partial charge in [0.2, 0.25) is 5.91 Å². The molecule has 37 heavy (non-hydrogen) atoms. The first-order chi connectivity index (χ1) is 17.8. The lowest BCUT2D eigenvalue weighted by molar-refractivity contribution is -0.117. The molecule has 6 rings (SSSR count). The van der Waals surface area contributed by atoms with Crippen LogP contribution in [0.4, 0.5) is 11.4 Å². The number of nitrogens with one attached hydrogen (secondary N) is 3. The van der Waals surface area contributed by atoms with Gasteiger partial charge in [0.05, 0.1) is 47.3 Å². The molecule has 0 aromatic carbocycles. The van der Waals surface area contributed by atoms with Gasteiger partial charge in [-0.25, -0.2) is 4.98 Å². The summed E-state index contributed by atoms with van der Waals surface area (Å²) in [6.07, 6.45) is 9.32. The second-order valence-electron chi connectivity index (χ2n) is 10.4. The first-order valence-corrected chi connectivity index (χ1v) is 12.6. The molecule has 2 amide bonds. The Morgan fingerprint density at radius 1 is 1.16 bits per heavy atom. The second kappa shape index (κ2) is 8.81. The van der Waals surface area contributed by atoms with E-state index in [1.165, 1.54) is 12.8 Å². The van der Waals surface area contributed by atoms with E-state index >= 15 is 0 Å². The van der Waals surface area contributed by atoms with Crippen molar-refractivity contribution in [2.75, 3.05) is 30.3 Å². The predicted octanol–water partition coefficient (Wildman–Crippen LogP) is 3.59. The normalized spacial score (nSPS) is 20.7. The number of hydrogen-bond acceptors (Lipinski definition) is 6. The van der Waals surface area contributed by atoms with Crippen molar-refractivity contribution in [2.45, 2.75) is 26.7 Å². The van der Waals surface area contributed by atoms with Gasteiger partial charge in [-0.2, -0.15) is 5.10 Å². The van der Waals surface area contributed by atoms with E-state index in [2.05, 4.69) is 42.5 Å². The summed E-state index contributed by atoms with van der Waals surface area (Å²) >= 11 is 0. The third-order valence-corrected chi connectivity index (χ3v) is 7.81. The molecular weight excluding hydrogens is 468 g/mol.